The topological polar surface area (TPSA) is 54.4 Å². The molecule has 0 radical (unpaired) electrons. The molecule has 62 valence electrons. The Hall–Kier alpha value is -0.700. The first-order valence-electron chi connectivity index (χ1n) is 3.84. The summed E-state index contributed by atoms with van der Waals surface area (Å²) in [5, 5.41) is 9.52. The Morgan fingerprint density at radius 2 is 2.18 bits per heavy atom. The van der Waals surface area contributed by atoms with E-state index in [-0.39, 0.29) is 5.78 Å². The van der Waals surface area contributed by atoms with E-state index in [0.29, 0.717) is 12.8 Å². The zero-order valence-electron chi connectivity index (χ0n) is 6.59. The van der Waals surface area contributed by atoms with Gasteiger partial charge >= 0.3 is 0 Å². The SMILES string of the molecule is CC(=O)[C@@]1(O)CCCCC1=O. The molecule has 0 unspecified atom stereocenters. The molecule has 0 amide bonds. The summed E-state index contributed by atoms with van der Waals surface area (Å²) in [7, 11) is 0. The Morgan fingerprint density at radius 3 is 2.55 bits per heavy atom. The van der Waals surface area contributed by atoms with Crippen LogP contribution in [0.2, 0.25) is 0 Å². The van der Waals surface area contributed by atoms with E-state index in [1.165, 1.54) is 6.92 Å². The van der Waals surface area contributed by atoms with Gasteiger partial charge < -0.3 is 5.11 Å². The Bertz CT molecular complexity index is 198. The quantitative estimate of drug-likeness (QED) is 0.561. The summed E-state index contributed by atoms with van der Waals surface area (Å²) < 4.78 is 0. The van der Waals surface area contributed by atoms with Crippen molar-refractivity contribution in [3.8, 4) is 0 Å². The van der Waals surface area contributed by atoms with Crippen LogP contribution in [0.1, 0.15) is 32.6 Å². The summed E-state index contributed by atoms with van der Waals surface area (Å²) in [6, 6.07) is 0. The molecular weight excluding hydrogens is 144 g/mol. The molecule has 0 spiro atoms. The fourth-order valence-electron chi connectivity index (χ4n) is 1.38. The van der Waals surface area contributed by atoms with Crippen molar-refractivity contribution in [2.45, 2.75) is 38.2 Å². The van der Waals surface area contributed by atoms with Crippen LogP contribution in [0.3, 0.4) is 0 Å². The van der Waals surface area contributed by atoms with E-state index in [1.54, 1.807) is 0 Å². The third-order valence-corrected chi connectivity index (χ3v) is 2.24. The molecule has 0 heterocycles. The molecule has 0 aromatic heterocycles. The van der Waals surface area contributed by atoms with E-state index >= 15 is 0 Å². The van der Waals surface area contributed by atoms with Crippen molar-refractivity contribution in [3.05, 3.63) is 0 Å². The molecule has 3 nitrogen and oxygen atoms in total. The Morgan fingerprint density at radius 1 is 1.55 bits per heavy atom. The second kappa shape index (κ2) is 2.74. The van der Waals surface area contributed by atoms with Crippen molar-refractivity contribution in [1.29, 1.82) is 0 Å². The van der Waals surface area contributed by atoms with Gasteiger partial charge in [-0.2, -0.15) is 0 Å². The predicted molar refractivity (Wildman–Crippen MR) is 39.1 cm³/mol. The van der Waals surface area contributed by atoms with E-state index in [1.807, 2.05) is 0 Å². The molecule has 11 heavy (non-hydrogen) atoms. The zero-order valence-corrected chi connectivity index (χ0v) is 6.59. The van der Waals surface area contributed by atoms with Gasteiger partial charge in [0.25, 0.3) is 0 Å². The number of carbonyl (C=O) groups excluding carboxylic acids is 2. The summed E-state index contributed by atoms with van der Waals surface area (Å²) in [4.78, 5) is 21.9. The van der Waals surface area contributed by atoms with E-state index in [9.17, 15) is 14.7 Å². The molecule has 1 aliphatic rings. The first-order chi connectivity index (χ1) is 5.07. The largest absolute Gasteiger partial charge is 0.375 e. The Balaban J connectivity index is 2.81. The van der Waals surface area contributed by atoms with Crippen molar-refractivity contribution in [1.82, 2.24) is 0 Å². The first kappa shape index (κ1) is 8.40. The molecule has 0 aromatic carbocycles. The average molecular weight is 156 g/mol. The van der Waals surface area contributed by atoms with E-state index in [2.05, 4.69) is 0 Å². The highest BCUT2D eigenvalue weighted by atomic mass is 16.3. The lowest BCUT2D eigenvalue weighted by Gasteiger charge is -2.27. The predicted octanol–water partition coefficient (Wildman–Crippen LogP) is 0.450. The van der Waals surface area contributed by atoms with Crippen LogP contribution in [-0.2, 0) is 9.59 Å². The van der Waals surface area contributed by atoms with Gasteiger partial charge in [-0.1, -0.05) is 0 Å². The number of aliphatic hydroxyl groups is 1. The molecule has 1 saturated carbocycles. The highest BCUT2D eigenvalue weighted by Crippen LogP contribution is 2.25. The van der Waals surface area contributed by atoms with Crippen LogP contribution in [0.25, 0.3) is 0 Å². The Kier molecular flexibility index (Phi) is 2.09. The van der Waals surface area contributed by atoms with E-state index in [4.69, 9.17) is 0 Å². The maximum Gasteiger partial charge on any atom is 0.180 e. The van der Waals surface area contributed by atoms with Gasteiger partial charge in [0.05, 0.1) is 0 Å². The van der Waals surface area contributed by atoms with Crippen molar-refractivity contribution in [3.63, 3.8) is 0 Å². The molecule has 0 aliphatic heterocycles. The zero-order chi connectivity index (χ0) is 8.48. The molecule has 1 aliphatic carbocycles. The van der Waals surface area contributed by atoms with Crippen LogP contribution in [0.4, 0.5) is 0 Å². The summed E-state index contributed by atoms with van der Waals surface area (Å²) >= 11 is 0. The molecular formula is C8H12O3. The van der Waals surface area contributed by atoms with Gasteiger partial charge in [-0.3, -0.25) is 9.59 Å². The number of hydrogen-bond donors (Lipinski definition) is 1. The summed E-state index contributed by atoms with van der Waals surface area (Å²) in [6.07, 6.45) is 2.22. The first-order valence-corrected chi connectivity index (χ1v) is 3.84. The fraction of sp³-hybridized carbons (Fsp3) is 0.750. The van der Waals surface area contributed by atoms with Crippen molar-refractivity contribution < 1.29 is 14.7 Å². The Labute approximate surface area is 65.4 Å². The second-order valence-corrected chi connectivity index (χ2v) is 3.05. The second-order valence-electron chi connectivity index (χ2n) is 3.05. The highest BCUT2D eigenvalue weighted by Gasteiger charge is 2.41. The highest BCUT2D eigenvalue weighted by molar-refractivity contribution is 6.09. The minimum atomic E-state index is -1.64. The smallest absolute Gasteiger partial charge is 0.180 e. The van der Waals surface area contributed by atoms with Crippen molar-refractivity contribution >= 4 is 11.6 Å². The van der Waals surface area contributed by atoms with Gasteiger partial charge in [-0.25, -0.2) is 0 Å². The van der Waals surface area contributed by atoms with Gasteiger partial charge in [0, 0.05) is 6.42 Å². The molecule has 1 N–H and O–H groups in total. The van der Waals surface area contributed by atoms with E-state index in [0.717, 1.165) is 12.8 Å². The minimum Gasteiger partial charge on any atom is -0.375 e. The van der Waals surface area contributed by atoms with Crippen LogP contribution < -0.4 is 0 Å². The molecule has 3 heteroatoms. The fourth-order valence-corrected chi connectivity index (χ4v) is 1.38. The summed E-state index contributed by atoms with van der Waals surface area (Å²) in [6.45, 7) is 1.27. The monoisotopic (exact) mass is 156 g/mol. The minimum absolute atomic E-state index is 0.307. The van der Waals surface area contributed by atoms with Gasteiger partial charge in [0.15, 0.2) is 17.2 Å². The van der Waals surface area contributed by atoms with Crippen molar-refractivity contribution in [2.75, 3.05) is 0 Å². The average Bonchev–Trinajstić information content (AvgIpc) is 1.95. The van der Waals surface area contributed by atoms with Crippen LogP contribution in [0.15, 0.2) is 0 Å². The number of rotatable bonds is 1. The number of carbonyl (C=O) groups is 2. The maximum atomic E-state index is 11.1. The van der Waals surface area contributed by atoms with Gasteiger partial charge in [-0.05, 0) is 26.2 Å². The summed E-state index contributed by atoms with van der Waals surface area (Å²) in [5.41, 5.74) is -1.64. The molecule has 0 aromatic rings. The van der Waals surface area contributed by atoms with Crippen molar-refractivity contribution in [2.24, 2.45) is 0 Å². The van der Waals surface area contributed by atoms with Crippen LogP contribution >= 0.6 is 0 Å². The maximum absolute atomic E-state index is 11.1. The lowest BCUT2D eigenvalue weighted by Crippen LogP contribution is -2.47. The van der Waals surface area contributed by atoms with Crippen LogP contribution in [0.5, 0.6) is 0 Å². The molecule has 0 saturated heterocycles. The standard InChI is InChI=1S/C8H12O3/c1-6(9)8(11)5-3-2-4-7(8)10/h11H,2-5H2,1H3/t8-/m0/s1. The normalized spacial score (nSPS) is 32.0. The van der Waals surface area contributed by atoms with Gasteiger partial charge in [-0.15, -0.1) is 0 Å². The molecule has 1 rings (SSSR count). The molecule has 0 bridgehead atoms. The van der Waals surface area contributed by atoms with Crippen LogP contribution in [-0.4, -0.2) is 22.3 Å². The van der Waals surface area contributed by atoms with Crippen LogP contribution in [0, 0.1) is 0 Å². The molecule has 1 fully saturated rings. The third kappa shape index (κ3) is 1.33. The van der Waals surface area contributed by atoms with Gasteiger partial charge in [0.1, 0.15) is 0 Å². The lowest BCUT2D eigenvalue weighted by atomic mass is 9.81. The van der Waals surface area contributed by atoms with E-state index < -0.39 is 11.4 Å². The number of Topliss-reactive ketones (excluding diaryl/α,β-unsaturated/α-hetero) is 2. The lowest BCUT2D eigenvalue weighted by molar-refractivity contribution is -0.152. The van der Waals surface area contributed by atoms with Gasteiger partial charge in [0.2, 0.25) is 0 Å². The summed E-state index contributed by atoms with van der Waals surface area (Å²) in [5.74, 6) is -0.724. The number of hydrogen-bond acceptors (Lipinski definition) is 3. The number of ketones is 2. The molecule has 1 atom stereocenters. The third-order valence-electron chi connectivity index (χ3n) is 2.24.